The zero-order valence-electron chi connectivity index (χ0n) is 18.5. The zero-order valence-corrected chi connectivity index (χ0v) is 18.5. The van der Waals surface area contributed by atoms with E-state index in [0.29, 0.717) is 35.8 Å². The van der Waals surface area contributed by atoms with Crippen molar-refractivity contribution in [2.24, 2.45) is 0 Å². The lowest BCUT2D eigenvalue weighted by Gasteiger charge is -2.27. The summed E-state index contributed by atoms with van der Waals surface area (Å²) in [7, 11) is 0. The number of hydrogen-bond acceptors (Lipinski definition) is 7. The number of rotatable bonds is 10. The van der Waals surface area contributed by atoms with Crippen LogP contribution < -0.4 is 9.47 Å². The van der Waals surface area contributed by atoms with Crippen LogP contribution in [0.2, 0.25) is 0 Å². The third-order valence-corrected chi connectivity index (χ3v) is 4.59. The number of carbonyl (C=O) groups excluding carboxylic acids is 3. The molecule has 0 atom stereocenters. The van der Waals surface area contributed by atoms with Gasteiger partial charge in [0.2, 0.25) is 0 Å². The molecule has 0 fully saturated rings. The number of hydrogen-bond donors (Lipinski definition) is 0. The molecule has 0 bridgehead atoms. The summed E-state index contributed by atoms with van der Waals surface area (Å²) in [6.45, 7) is 9.16. The Bertz CT molecular complexity index is 1020. The smallest absolute Gasteiger partial charge is 0.302 e. The average Bonchev–Trinajstić information content (AvgIpc) is 2.76. The standard InChI is InChI=1S/C24H26N2O6/c1-5-11-32-21-9-8-18(14-22(21)30-6-2)13-19-16(3)20(15-25)24(29)26(23(19)28)10-7-12-31-17(4)27/h5,8-9,13-14H,1,6-7,10-12H2,2-4H3/b19-13+. The van der Waals surface area contributed by atoms with E-state index in [1.807, 2.05) is 13.0 Å². The van der Waals surface area contributed by atoms with Gasteiger partial charge in [-0.25, -0.2) is 0 Å². The fourth-order valence-electron chi connectivity index (χ4n) is 3.09. The molecule has 32 heavy (non-hydrogen) atoms. The lowest BCUT2D eigenvalue weighted by atomic mass is 9.93. The number of ether oxygens (including phenoxy) is 3. The van der Waals surface area contributed by atoms with Crippen LogP contribution in [0.3, 0.4) is 0 Å². The Balaban J connectivity index is 2.39. The Hall–Kier alpha value is -3.86. The molecule has 0 saturated carbocycles. The Morgan fingerprint density at radius 3 is 2.59 bits per heavy atom. The minimum atomic E-state index is -0.654. The Labute approximate surface area is 187 Å². The number of nitriles is 1. The summed E-state index contributed by atoms with van der Waals surface area (Å²) in [5.41, 5.74) is 1.09. The number of carbonyl (C=O) groups is 3. The topological polar surface area (TPSA) is 106 Å². The van der Waals surface area contributed by atoms with Crippen molar-refractivity contribution in [3.05, 3.63) is 53.1 Å². The van der Waals surface area contributed by atoms with Crippen LogP contribution in [0, 0.1) is 11.3 Å². The molecule has 2 rings (SSSR count). The monoisotopic (exact) mass is 438 g/mol. The summed E-state index contributed by atoms with van der Waals surface area (Å²) >= 11 is 0. The maximum Gasteiger partial charge on any atom is 0.302 e. The molecule has 0 spiro atoms. The van der Waals surface area contributed by atoms with E-state index >= 15 is 0 Å². The van der Waals surface area contributed by atoms with E-state index in [4.69, 9.17) is 14.2 Å². The molecule has 1 aromatic carbocycles. The molecule has 1 aromatic rings. The predicted octanol–water partition coefficient (Wildman–Crippen LogP) is 3.20. The lowest BCUT2D eigenvalue weighted by molar-refractivity contribution is -0.141. The number of nitrogens with zero attached hydrogens (tertiary/aromatic N) is 2. The van der Waals surface area contributed by atoms with E-state index in [2.05, 4.69) is 6.58 Å². The summed E-state index contributed by atoms with van der Waals surface area (Å²) in [5.74, 6) is -0.571. The minimum Gasteiger partial charge on any atom is -0.490 e. The number of imide groups is 1. The highest BCUT2D eigenvalue weighted by molar-refractivity contribution is 6.19. The first kappa shape index (κ1) is 24.4. The van der Waals surface area contributed by atoms with E-state index in [-0.39, 0.29) is 30.7 Å². The van der Waals surface area contributed by atoms with Gasteiger partial charge in [0.25, 0.3) is 11.8 Å². The van der Waals surface area contributed by atoms with Crippen LogP contribution in [-0.4, -0.2) is 49.0 Å². The van der Waals surface area contributed by atoms with Gasteiger partial charge in [0, 0.05) is 19.0 Å². The van der Waals surface area contributed by atoms with Gasteiger partial charge in [0.05, 0.1) is 13.2 Å². The summed E-state index contributed by atoms with van der Waals surface area (Å²) in [6.07, 6.45) is 3.50. The Kier molecular flexibility index (Phi) is 8.78. The fourth-order valence-corrected chi connectivity index (χ4v) is 3.09. The second-order valence-electron chi connectivity index (χ2n) is 6.86. The SMILES string of the molecule is C=CCOc1ccc(/C=C2/C(=O)N(CCCOC(C)=O)C(=O)C(C#N)=C2C)cc1OCC. The van der Waals surface area contributed by atoms with Crippen molar-refractivity contribution in [1.82, 2.24) is 4.90 Å². The van der Waals surface area contributed by atoms with E-state index in [0.717, 1.165) is 4.90 Å². The quantitative estimate of drug-likeness (QED) is 0.182. The first-order chi connectivity index (χ1) is 15.3. The second-order valence-corrected chi connectivity index (χ2v) is 6.86. The molecule has 0 N–H and O–H groups in total. The third kappa shape index (κ3) is 5.85. The molecular formula is C24H26N2O6. The summed E-state index contributed by atoms with van der Waals surface area (Å²) < 4.78 is 16.1. The highest BCUT2D eigenvalue weighted by Crippen LogP contribution is 2.32. The molecule has 1 heterocycles. The number of esters is 1. The number of benzene rings is 1. The van der Waals surface area contributed by atoms with E-state index in [9.17, 15) is 19.6 Å². The molecule has 0 aliphatic carbocycles. The van der Waals surface area contributed by atoms with Crippen LogP contribution in [0.5, 0.6) is 11.5 Å². The van der Waals surface area contributed by atoms with Crippen LogP contribution >= 0.6 is 0 Å². The van der Waals surface area contributed by atoms with E-state index in [1.54, 1.807) is 37.3 Å². The Morgan fingerprint density at radius 2 is 1.97 bits per heavy atom. The van der Waals surface area contributed by atoms with Crippen LogP contribution in [-0.2, 0) is 19.1 Å². The molecule has 0 saturated heterocycles. The summed E-state index contributed by atoms with van der Waals surface area (Å²) in [5, 5.41) is 9.49. The number of amides is 2. The van der Waals surface area contributed by atoms with Gasteiger partial charge in [-0.05, 0) is 49.6 Å². The van der Waals surface area contributed by atoms with E-state index in [1.165, 1.54) is 6.92 Å². The van der Waals surface area contributed by atoms with Crippen molar-refractivity contribution in [2.45, 2.75) is 27.2 Å². The molecule has 0 unspecified atom stereocenters. The van der Waals surface area contributed by atoms with E-state index < -0.39 is 17.8 Å². The van der Waals surface area contributed by atoms with Crippen molar-refractivity contribution >= 4 is 23.9 Å². The van der Waals surface area contributed by atoms with Gasteiger partial charge in [-0.3, -0.25) is 19.3 Å². The molecule has 168 valence electrons. The maximum absolute atomic E-state index is 13.1. The average molecular weight is 438 g/mol. The van der Waals surface area contributed by atoms with Gasteiger partial charge in [0.15, 0.2) is 11.5 Å². The predicted molar refractivity (Wildman–Crippen MR) is 118 cm³/mol. The Morgan fingerprint density at radius 1 is 1.22 bits per heavy atom. The van der Waals surface area contributed by atoms with Crippen molar-refractivity contribution < 1.29 is 28.6 Å². The third-order valence-electron chi connectivity index (χ3n) is 4.59. The van der Waals surface area contributed by atoms with Crippen molar-refractivity contribution in [2.75, 3.05) is 26.4 Å². The molecule has 2 amide bonds. The first-order valence-corrected chi connectivity index (χ1v) is 10.2. The minimum absolute atomic E-state index is 0.0271. The summed E-state index contributed by atoms with van der Waals surface area (Å²) in [6, 6.07) is 7.10. The van der Waals surface area contributed by atoms with Crippen LogP contribution in [0.1, 0.15) is 32.8 Å². The molecule has 8 nitrogen and oxygen atoms in total. The molecule has 0 radical (unpaired) electrons. The van der Waals surface area contributed by atoms with Gasteiger partial charge in [-0.2, -0.15) is 5.26 Å². The second kappa shape index (κ2) is 11.5. The largest absolute Gasteiger partial charge is 0.490 e. The van der Waals surface area contributed by atoms with Crippen molar-refractivity contribution in [3.8, 4) is 17.6 Å². The zero-order chi connectivity index (χ0) is 23.7. The van der Waals surface area contributed by atoms with Crippen molar-refractivity contribution in [3.63, 3.8) is 0 Å². The van der Waals surface area contributed by atoms with Gasteiger partial charge in [-0.1, -0.05) is 18.7 Å². The van der Waals surface area contributed by atoms with Gasteiger partial charge in [0.1, 0.15) is 18.2 Å². The highest BCUT2D eigenvalue weighted by Gasteiger charge is 2.35. The molecule has 8 heteroatoms. The van der Waals surface area contributed by atoms with Crippen molar-refractivity contribution in [1.29, 1.82) is 5.26 Å². The maximum atomic E-state index is 13.1. The fraction of sp³-hybridized carbons (Fsp3) is 0.333. The van der Waals surface area contributed by atoms with Gasteiger partial charge in [-0.15, -0.1) is 0 Å². The molecule has 1 aliphatic rings. The molecular weight excluding hydrogens is 412 g/mol. The first-order valence-electron chi connectivity index (χ1n) is 10.2. The van der Waals surface area contributed by atoms with Gasteiger partial charge >= 0.3 is 5.97 Å². The normalized spacial score (nSPS) is 14.9. The molecule has 1 aliphatic heterocycles. The van der Waals surface area contributed by atoms with Crippen LogP contribution in [0.4, 0.5) is 0 Å². The van der Waals surface area contributed by atoms with Crippen LogP contribution in [0.25, 0.3) is 6.08 Å². The highest BCUT2D eigenvalue weighted by atomic mass is 16.5. The summed E-state index contributed by atoms with van der Waals surface area (Å²) in [4.78, 5) is 37.6. The van der Waals surface area contributed by atoms with Crippen LogP contribution in [0.15, 0.2) is 47.6 Å². The molecule has 0 aromatic heterocycles. The van der Waals surface area contributed by atoms with Gasteiger partial charge < -0.3 is 14.2 Å². The lowest BCUT2D eigenvalue weighted by Crippen LogP contribution is -2.43.